The van der Waals surface area contributed by atoms with Gasteiger partial charge in [-0.1, -0.05) is 23.1 Å². The maximum Gasteiger partial charge on any atom is 0.357 e. The van der Waals surface area contributed by atoms with Crippen LogP contribution < -0.4 is 5.32 Å². The maximum absolute atomic E-state index is 13.1. The normalized spacial score (nSPS) is 19.4. The van der Waals surface area contributed by atoms with Crippen molar-refractivity contribution in [3.8, 4) is 0 Å². The summed E-state index contributed by atoms with van der Waals surface area (Å²) in [5.41, 5.74) is 1.58. The van der Waals surface area contributed by atoms with Crippen molar-refractivity contribution in [2.24, 2.45) is 5.41 Å². The van der Waals surface area contributed by atoms with E-state index in [2.05, 4.69) is 31.0 Å². The summed E-state index contributed by atoms with van der Waals surface area (Å²) in [5, 5.41) is 20.5. The molecule has 0 bridgehead atoms. The number of β-lactam (4-membered cyclic amide) rings is 1. The van der Waals surface area contributed by atoms with Gasteiger partial charge in [0.1, 0.15) is 35.5 Å². The molecule has 1 fully saturated rings. The number of nitrogens with zero attached hydrogens (tertiary/aromatic N) is 7. The molecular weight excluding hydrogens is 532 g/mol. The first kappa shape index (κ1) is 26.0. The highest BCUT2D eigenvalue weighted by atomic mass is 32.2. The van der Waals surface area contributed by atoms with E-state index in [1.165, 1.54) is 50.8 Å². The number of ether oxygens (including phenoxy) is 2. The molecule has 1 N–H and O–H groups in total. The number of thioether (sulfide) groups is 2. The second kappa shape index (κ2) is 10.9. The van der Waals surface area contributed by atoms with Crippen molar-refractivity contribution in [3.05, 3.63) is 23.1 Å². The lowest BCUT2D eigenvalue weighted by Gasteiger charge is -2.49. The van der Waals surface area contributed by atoms with Crippen LogP contribution in [0, 0.1) is 5.41 Å². The number of fused-ring (bicyclic) bond motifs is 1. The predicted octanol–water partition coefficient (Wildman–Crippen LogP) is 0.0609. The number of carbonyl (C=O) groups is 4. The molecule has 2 atom stereocenters. The minimum Gasteiger partial charge on any atom is -0.427 e. The van der Waals surface area contributed by atoms with Gasteiger partial charge in [0.25, 0.3) is 5.91 Å². The number of esters is 2. The summed E-state index contributed by atoms with van der Waals surface area (Å²) in [7, 11) is 0. The minimum atomic E-state index is -0.821. The molecule has 0 radical (unpaired) electrons. The highest BCUT2D eigenvalue weighted by Gasteiger charge is 2.54. The van der Waals surface area contributed by atoms with E-state index in [0.717, 1.165) is 0 Å². The van der Waals surface area contributed by atoms with Crippen LogP contribution in [-0.2, 0) is 35.2 Å². The van der Waals surface area contributed by atoms with Gasteiger partial charge >= 0.3 is 11.9 Å². The molecule has 2 amide bonds. The smallest absolute Gasteiger partial charge is 0.357 e. The summed E-state index contributed by atoms with van der Waals surface area (Å²) in [6.45, 7) is 4.30. The average Bonchev–Trinajstić information content (AvgIpc) is 3.54. The predicted molar refractivity (Wildman–Crippen MR) is 127 cm³/mol. The van der Waals surface area contributed by atoms with Gasteiger partial charge < -0.3 is 14.8 Å². The Bertz CT molecular complexity index is 1160. The molecule has 2 aliphatic heterocycles. The number of hydrogen-bond donors (Lipinski definition) is 1. The highest BCUT2D eigenvalue weighted by molar-refractivity contribution is 8.01. The summed E-state index contributed by atoms with van der Waals surface area (Å²) < 4.78 is 12.2. The standard InChI is InChI=1S/C19H22N8O6S3/c1-19(2,3)17(31)33-9-32-16(30)13-10(6-35-18-23-21-8-36-18)5-34-15-12(14(29)27(13)15)22-11(28)4-26-7-20-24-25-26/h7-8,12,15H,4-6,9H2,1-3H3,(H,22,28)/t12-,15-/m1/s1. The molecule has 192 valence electrons. The number of rotatable bonds is 9. The molecule has 1 saturated heterocycles. The summed E-state index contributed by atoms with van der Waals surface area (Å²) in [4.78, 5) is 51.8. The fourth-order valence-electron chi connectivity index (χ4n) is 3.20. The van der Waals surface area contributed by atoms with Crippen LogP contribution in [0.2, 0.25) is 0 Å². The Kier molecular flexibility index (Phi) is 7.89. The van der Waals surface area contributed by atoms with Crippen LogP contribution in [0.25, 0.3) is 0 Å². The molecular formula is C19H22N8O6S3. The van der Waals surface area contributed by atoms with E-state index in [9.17, 15) is 19.2 Å². The van der Waals surface area contributed by atoms with E-state index < -0.39 is 47.4 Å². The first-order valence-electron chi connectivity index (χ1n) is 10.6. The monoisotopic (exact) mass is 554 g/mol. The van der Waals surface area contributed by atoms with Gasteiger partial charge in [-0.2, -0.15) is 0 Å². The SMILES string of the molecule is CC(C)(C)C(=O)OCOC(=O)C1=C(CSc2nncs2)CS[C@@H]2[C@H](NC(=O)Cn3cnnn3)C(=O)N12. The van der Waals surface area contributed by atoms with E-state index in [1.54, 1.807) is 26.3 Å². The first-order chi connectivity index (χ1) is 17.1. The quantitative estimate of drug-likeness (QED) is 0.191. The molecule has 36 heavy (non-hydrogen) atoms. The first-order valence-corrected chi connectivity index (χ1v) is 13.5. The second-order valence-corrected chi connectivity index (χ2v) is 11.8. The van der Waals surface area contributed by atoms with Gasteiger partial charge in [-0.3, -0.25) is 19.3 Å². The van der Waals surface area contributed by atoms with E-state index in [4.69, 9.17) is 9.47 Å². The number of tetrazole rings is 1. The summed E-state index contributed by atoms with van der Waals surface area (Å²) in [6, 6.07) is -0.821. The Balaban J connectivity index is 1.46. The third kappa shape index (κ3) is 5.84. The molecule has 4 rings (SSSR count). The van der Waals surface area contributed by atoms with Crippen LogP contribution in [0.4, 0.5) is 0 Å². The van der Waals surface area contributed by atoms with Crippen LogP contribution in [0.3, 0.4) is 0 Å². The summed E-state index contributed by atoms with van der Waals surface area (Å²) >= 11 is 4.16. The van der Waals surface area contributed by atoms with Crippen LogP contribution in [0.5, 0.6) is 0 Å². The van der Waals surface area contributed by atoms with E-state index >= 15 is 0 Å². The topological polar surface area (TPSA) is 171 Å². The molecule has 14 nitrogen and oxygen atoms in total. The average molecular weight is 555 g/mol. The molecule has 2 aromatic heterocycles. The lowest BCUT2D eigenvalue weighted by Crippen LogP contribution is -2.70. The van der Waals surface area contributed by atoms with Gasteiger partial charge in [-0.15, -0.1) is 27.1 Å². The third-order valence-corrected chi connectivity index (χ3v) is 8.24. The molecule has 2 aliphatic rings. The van der Waals surface area contributed by atoms with Crippen molar-refractivity contribution < 1.29 is 28.7 Å². The number of carbonyl (C=O) groups excluding carboxylic acids is 4. The fraction of sp³-hybridized carbons (Fsp3) is 0.526. The van der Waals surface area contributed by atoms with Crippen LogP contribution in [0.1, 0.15) is 20.8 Å². The van der Waals surface area contributed by atoms with Crippen molar-refractivity contribution >= 4 is 58.6 Å². The van der Waals surface area contributed by atoms with Crippen molar-refractivity contribution in [1.29, 1.82) is 0 Å². The maximum atomic E-state index is 13.1. The molecule has 4 heterocycles. The zero-order valence-electron chi connectivity index (χ0n) is 19.4. The van der Waals surface area contributed by atoms with E-state index in [0.29, 0.717) is 21.4 Å². The van der Waals surface area contributed by atoms with Gasteiger partial charge in [0, 0.05) is 11.5 Å². The van der Waals surface area contributed by atoms with Crippen molar-refractivity contribution in [2.75, 3.05) is 18.3 Å². The van der Waals surface area contributed by atoms with Crippen molar-refractivity contribution in [1.82, 2.24) is 40.6 Å². The largest absolute Gasteiger partial charge is 0.427 e. The lowest BCUT2D eigenvalue weighted by molar-refractivity contribution is -0.173. The molecule has 0 aliphatic carbocycles. The molecule has 17 heteroatoms. The molecule has 0 aromatic carbocycles. The van der Waals surface area contributed by atoms with Crippen LogP contribution >= 0.6 is 34.9 Å². The Hall–Kier alpha value is -3.05. The van der Waals surface area contributed by atoms with Crippen LogP contribution in [-0.4, -0.2) is 88.8 Å². The fourth-order valence-corrected chi connectivity index (χ4v) is 6.17. The minimum absolute atomic E-state index is 0.0820. The Labute approximate surface area is 217 Å². The van der Waals surface area contributed by atoms with Crippen molar-refractivity contribution in [2.45, 2.75) is 43.1 Å². The van der Waals surface area contributed by atoms with Gasteiger partial charge in [-0.05, 0) is 36.8 Å². The molecule has 0 saturated carbocycles. The number of hydrogen-bond acceptors (Lipinski definition) is 14. The Morgan fingerprint density at radius 3 is 2.72 bits per heavy atom. The van der Waals surface area contributed by atoms with Crippen molar-refractivity contribution in [3.63, 3.8) is 0 Å². The zero-order valence-corrected chi connectivity index (χ0v) is 21.9. The lowest BCUT2D eigenvalue weighted by atomic mass is 9.98. The summed E-state index contributed by atoms with van der Waals surface area (Å²) in [5.74, 6) is -1.41. The zero-order chi connectivity index (χ0) is 25.9. The second-order valence-electron chi connectivity index (χ2n) is 8.64. The number of nitrogens with one attached hydrogen (secondary N) is 1. The Morgan fingerprint density at radius 1 is 1.25 bits per heavy atom. The molecule has 0 spiro atoms. The van der Waals surface area contributed by atoms with Crippen LogP contribution in [0.15, 0.2) is 27.4 Å². The molecule has 2 aromatic rings. The summed E-state index contributed by atoms with van der Waals surface area (Å²) in [6.07, 6.45) is 1.29. The molecule has 0 unspecified atom stereocenters. The van der Waals surface area contributed by atoms with E-state index in [1.807, 2.05) is 0 Å². The van der Waals surface area contributed by atoms with Gasteiger partial charge in [0.05, 0.1) is 5.41 Å². The Morgan fingerprint density at radius 2 is 2.06 bits per heavy atom. The van der Waals surface area contributed by atoms with Gasteiger partial charge in [0.2, 0.25) is 12.7 Å². The van der Waals surface area contributed by atoms with E-state index in [-0.39, 0.29) is 12.2 Å². The van der Waals surface area contributed by atoms with Gasteiger partial charge in [0.15, 0.2) is 4.34 Å². The number of aromatic nitrogens is 6. The highest BCUT2D eigenvalue weighted by Crippen LogP contribution is 2.42. The number of amides is 2. The third-order valence-electron chi connectivity index (χ3n) is 4.96. The van der Waals surface area contributed by atoms with Gasteiger partial charge in [-0.25, -0.2) is 9.48 Å².